The van der Waals surface area contributed by atoms with E-state index >= 15 is 0 Å². The van der Waals surface area contributed by atoms with Crippen molar-refractivity contribution < 1.29 is 34.2 Å². The maximum Gasteiger partial charge on any atom is 0.235 e. The fourth-order valence-corrected chi connectivity index (χ4v) is 5.93. The number of carbonyl (C=O) groups is 5. The number of fused-ring (bicyclic) bond motifs is 3. The van der Waals surface area contributed by atoms with E-state index in [9.17, 15) is 34.2 Å². The highest BCUT2D eigenvalue weighted by molar-refractivity contribution is 6.31. The lowest BCUT2D eigenvalue weighted by Gasteiger charge is -2.48. The summed E-state index contributed by atoms with van der Waals surface area (Å²) in [5, 5.41) is 22.1. The van der Waals surface area contributed by atoms with Gasteiger partial charge >= 0.3 is 0 Å². The van der Waals surface area contributed by atoms with Crippen LogP contribution < -0.4 is 5.73 Å². The molecule has 0 aliphatic heterocycles. The second-order valence-corrected chi connectivity index (χ2v) is 9.32. The molecule has 174 valence electrons. The van der Waals surface area contributed by atoms with E-state index < -0.39 is 58.3 Å². The molecule has 0 bridgehead atoms. The van der Waals surface area contributed by atoms with Gasteiger partial charge < -0.3 is 15.9 Å². The first-order valence-electron chi connectivity index (χ1n) is 11.2. The second kappa shape index (κ2) is 8.02. The Morgan fingerprint density at radius 2 is 1.91 bits per heavy atom. The monoisotopic (exact) mass is 453 g/mol. The molecule has 33 heavy (non-hydrogen) atoms. The highest BCUT2D eigenvalue weighted by atomic mass is 16.3. The number of phenolic OH excluding ortho intramolecular Hbond substituents is 1. The lowest BCUT2D eigenvalue weighted by Crippen LogP contribution is -2.68. The third kappa shape index (κ3) is 3.19. The molecule has 0 aromatic heterocycles. The van der Waals surface area contributed by atoms with E-state index in [1.54, 1.807) is 19.1 Å². The van der Waals surface area contributed by atoms with E-state index in [0.29, 0.717) is 24.0 Å². The largest absolute Gasteiger partial charge is 0.507 e. The SMILES string of the molecule is CC=Cc1cc(CCC)c2c(c1O)C(=O)C1C(=O)[C@]3(O)C(=O)C(C(N)=O)C(=O)C[C@@H]3C[C@@H]1C2. The van der Waals surface area contributed by atoms with Crippen LogP contribution in [0.25, 0.3) is 6.08 Å². The summed E-state index contributed by atoms with van der Waals surface area (Å²) in [7, 11) is 0. The van der Waals surface area contributed by atoms with Gasteiger partial charge in [-0.15, -0.1) is 0 Å². The summed E-state index contributed by atoms with van der Waals surface area (Å²) < 4.78 is 0. The minimum Gasteiger partial charge on any atom is -0.507 e. The smallest absolute Gasteiger partial charge is 0.235 e. The molecule has 2 unspecified atom stereocenters. The topological polar surface area (TPSA) is 152 Å². The average molecular weight is 453 g/mol. The first kappa shape index (κ1) is 23.0. The van der Waals surface area contributed by atoms with Crippen LogP contribution in [0.15, 0.2) is 12.1 Å². The Kier molecular flexibility index (Phi) is 5.60. The number of hydrogen-bond acceptors (Lipinski definition) is 7. The van der Waals surface area contributed by atoms with Crippen molar-refractivity contribution >= 4 is 35.1 Å². The van der Waals surface area contributed by atoms with E-state index in [4.69, 9.17) is 5.73 Å². The number of carbonyl (C=O) groups excluding carboxylic acids is 5. The van der Waals surface area contributed by atoms with Crippen molar-refractivity contribution in [3.05, 3.63) is 34.4 Å². The first-order chi connectivity index (χ1) is 15.6. The number of phenols is 1. The summed E-state index contributed by atoms with van der Waals surface area (Å²) in [4.78, 5) is 64.2. The Morgan fingerprint density at radius 3 is 2.52 bits per heavy atom. The first-order valence-corrected chi connectivity index (χ1v) is 11.2. The summed E-state index contributed by atoms with van der Waals surface area (Å²) in [5.41, 5.74) is 4.67. The van der Waals surface area contributed by atoms with Gasteiger partial charge in [-0.05, 0) is 49.3 Å². The van der Waals surface area contributed by atoms with Crippen LogP contribution in [-0.4, -0.2) is 44.9 Å². The summed E-state index contributed by atoms with van der Waals surface area (Å²) >= 11 is 0. The molecule has 1 amide bonds. The number of aliphatic hydroxyl groups is 1. The van der Waals surface area contributed by atoms with Crippen LogP contribution in [0.2, 0.25) is 0 Å². The van der Waals surface area contributed by atoms with Crippen molar-refractivity contribution in [2.75, 3.05) is 0 Å². The molecule has 1 aromatic rings. The number of allylic oxidation sites excluding steroid dienone is 1. The number of ketones is 4. The van der Waals surface area contributed by atoms with Gasteiger partial charge in [0.15, 0.2) is 34.7 Å². The van der Waals surface area contributed by atoms with Gasteiger partial charge in [0.1, 0.15) is 5.75 Å². The number of nitrogens with two attached hydrogens (primary N) is 1. The third-order valence-electron chi connectivity index (χ3n) is 7.39. The van der Waals surface area contributed by atoms with Gasteiger partial charge in [-0.25, -0.2) is 0 Å². The van der Waals surface area contributed by atoms with Crippen molar-refractivity contribution in [3.63, 3.8) is 0 Å². The van der Waals surface area contributed by atoms with Gasteiger partial charge in [0.25, 0.3) is 0 Å². The number of hydrogen-bond donors (Lipinski definition) is 3. The van der Waals surface area contributed by atoms with Crippen molar-refractivity contribution in [2.45, 2.75) is 51.6 Å². The summed E-state index contributed by atoms with van der Waals surface area (Å²) in [6, 6.07) is 1.84. The van der Waals surface area contributed by atoms with Crippen LogP contribution in [0.1, 0.15) is 60.2 Å². The lowest BCUT2D eigenvalue weighted by atomic mass is 9.53. The van der Waals surface area contributed by atoms with Crippen molar-refractivity contribution in [3.8, 4) is 5.75 Å². The van der Waals surface area contributed by atoms with E-state index in [1.165, 1.54) is 0 Å². The van der Waals surface area contributed by atoms with E-state index in [1.807, 2.05) is 13.0 Å². The highest BCUT2D eigenvalue weighted by Crippen LogP contribution is 2.50. The van der Waals surface area contributed by atoms with Crippen LogP contribution in [0.4, 0.5) is 0 Å². The van der Waals surface area contributed by atoms with E-state index in [2.05, 4.69) is 0 Å². The van der Waals surface area contributed by atoms with Crippen molar-refractivity contribution in [1.29, 1.82) is 0 Å². The predicted octanol–water partition coefficient (Wildman–Crippen LogP) is 1.31. The van der Waals surface area contributed by atoms with Crippen LogP contribution in [0, 0.1) is 23.7 Å². The Morgan fingerprint density at radius 1 is 1.21 bits per heavy atom. The van der Waals surface area contributed by atoms with E-state index in [-0.39, 0.29) is 24.2 Å². The summed E-state index contributed by atoms with van der Waals surface area (Å²) in [6.07, 6.45) is 4.97. The Bertz CT molecular complexity index is 1130. The number of amides is 1. The minimum absolute atomic E-state index is 0.0523. The molecule has 8 heteroatoms. The highest BCUT2D eigenvalue weighted by Gasteiger charge is 2.66. The average Bonchev–Trinajstić information content (AvgIpc) is 2.74. The second-order valence-electron chi connectivity index (χ2n) is 9.32. The number of Topliss-reactive ketones (excluding diaryl/α,β-unsaturated/α-hetero) is 4. The molecule has 5 atom stereocenters. The molecule has 2 saturated carbocycles. The van der Waals surface area contributed by atoms with Gasteiger partial charge in [-0.3, -0.25) is 24.0 Å². The third-order valence-corrected chi connectivity index (χ3v) is 7.39. The molecule has 4 N–H and O–H groups in total. The van der Waals surface area contributed by atoms with Gasteiger partial charge in [0.05, 0.1) is 11.5 Å². The van der Waals surface area contributed by atoms with Gasteiger partial charge in [0, 0.05) is 17.9 Å². The zero-order chi connectivity index (χ0) is 24.2. The van der Waals surface area contributed by atoms with Gasteiger partial charge in [-0.2, -0.15) is 0 Å². The molecule has 0 saturated heterocycles. The number of primary amides is 1. The molecule has 0 heterocycles. The zero-order valence-electron chi connectivity index (χ0n) is 18.6. The quantitative estimate of drug-likeness (QED) is 0.581. The molecule has 4 rings (SSSR count). The van der Waals surface area contributed by atoms with E-state index in [0.717, 1.165) is 12.0 Å². The number of aromatic hydroxyl groups is 1. The van der Waals surface area contributed by atoms with Gasteiger partial charge in [-0.1, -0.05) is 25.5 Å². The molecule has 0 radical (unpaired) electrons. The molecular weight excluding hydrogens is 426 g/mol. The Labute approximate surface area is 190 Å². The standard InChI is InChI=1S/C25H27NO7/c1-3-5-11-7-12(6-4-2)20(28)18-15(11)9-13-8-14-10-16(27)19(24(26)32)23(31)25(14,33)22(30)17(13)21(18)29/h4,6-7,13-14,17,19,28,33H,3,5,8-10H2,1-2H3,(H2,26,32)/t13-,14+,17?,19?,25+/m1/s1. The normalized spacial score (nSPS) is 31.4. The lowest BCUT2D eigenvalue weighted by molar-refractivity contribution is -0.175. The molecule has 1 aromatic carbocycles. The molecule has 8 nitrogen and oxygen atoms in total. The van der Waals surface area contributed by atoms with Crippen LogP contribution in [0.3, 0.4) is 0 Å². The Balaban J connectivity index is 1.85. The number of rotatable bonds is 4. The van der Waals surface area contributed by atoms with Crippen molar-refractivity contribution in [1.82, 2.24) is 0 Å². The fourth-order valence-electron chi connectivity index (χ4n) is 5.93. The summed E-state index contributed by atoms with van der Waals surface area (Å²) in [6.45, 7) is 3.78. The molecular formula is C25H27NO7. The molecule has 0 spiro atoms. The summed E-state index contributed by atoms with van der Waals surface area (Å²) in [5.74, 6) is -9.81. The van der Waals surface area contributed by atoms with Crippen molar-refractivity contribution in [2.24, 2.45) is 29.4 Å². The molecule has 3 aliphatic rings. The van der Waals surface area contributed by atoms with Crippen LogP contribution >= 0.6 is 0 Å². The molecule has 2 fully saturated rings. The number of benzene rings is 1. The zero-order valence-corrected chi connectivity index (χ0v) is 18.6. The van der Waals surface area contributed by atoms with Crippen LogP contribution in [-0.2, 0) is 32.0 Å². The Hall–Kier alpha value is -3.13. The predicted molar refractivity (Wildman–Crippen MR) is 117 cm³/mol. The maximum absolute atomic E-state index is 13.6. The van der Waals surface area contributed by atoms with Crippen LogP contribution in [0.5, 0.6) is 5.75 Å². The minimum atomic E-state index is -2.62. The molecule has 3 aliphatic carbocycles. The van der Waals surface area contributed by atoms with Gasteiger partial charge in [0.2, 0.25) is 5.91 Å². The fraction of sp³-hybridized carbons (Fsp3) is 0.480. The maximum atomic E-state index is 13.6. The number of aryl methyl sites for hydroxylation is 1.